The molecule has 1 aliphatic heterocycles. The number of hydrogen-bond acceptors (Lipinski definition) is 6. The topological polar surface area (TPSA) is 73.7 Å². The molecule has 1 N–H and O–H groups in total. The maximum absolute atomic E-state index is 11.9. The summed E-state index contributed by atoms with van der Waals surface area (Å²) in [5.41, 5.74) is 0.547. The van der Waals surface area contributed by atoms with E-state index in [-0.39, 0.29) is 23.3 Å². The summed E-state index contributed by atoms with van der Waals surface area (Å²) in [7, 11) is 1.01. The van der Waals surface area contributed by atoms with E-state index in [1.165, 1.54) is 0 Å². The van der Waals surface area contributed by atoms with E-state index in [1.807, 2.05) is 32.3 Å². The molecule has 0 spiro atoms. The molecule has 1 aromatic carbocycles. The number of pyridine rings is 1. The zero-order valence-electron chi connectivity index (χ0n) is 14.0. The van der Waals surface area contributed by atoms with Crippen LogP contribution >= 0.6 is 0 Å². The van der Waals surface area contributed by atoms with Crippen molar-refractivity contribution in [3.05, 3.63) is 30.3 Å². The lowest BCUT2D eigenvalue weighted by molar-refractivity contribution is 0.406. The van der Waals surface area contributed by atoms with Crippen LogP contribution in [0.5, 0.6) is 5.75 Å². The third-order valence-corrected chi connectivity index (χ3v) is 6.17. The van der Waals surface area contributed by atoms with Gasteiger partial charge in [0.05, 0.1) is 11.5 Å². The van der Waals surface area contributed by atoms with E-state index < -0.39 is 9.84 Å². The average Bonchev–Trinajstić information content (AvgIpc) is 2.88. The number of hydrogen-bond donors (Lipinski definition) is 1. The number of para-hydroxylation sites is 1. The lowest BCUT2D eigenvalue weighted by Crippen LogP contribution is -2.41. The van der Waals surface area contributed by atoms with Gasteiger partial charge in [0.25, 0.3) is 0 Å². The Morgan fingerprint density at radius 2 is 2.00 bits per heavy atom. The summed E-state index contributed by atoms with van der Waals surface area (Å²) >= 11 is 0. The normalized spacial score (nSPS) is 19.9. The van der Waals surface area contributed by atoms with Crippen molar-refractivity contribution in [2.75, 3.05) is 43.6 Å². The first-order valence-electron chi connectivity index (χ1n) is 8.06. The molecule has 1 unspecified atom stereocenters. The summed E-state index contributed by atoms with van der Waals surface area (Å²) in [6.07, 6.45) is 0.621. The number of aromatic nitrogens is 1. The second-order valence-electron chi connectivity index (χ2n) is 6.57. The third-order valence-electron chi connectivity index (χ3n) is 4.42. The highest BCUT2D eigenvalue weighted by Crippen LogP contribution is 2.28. The van der Waals surface area contributed by atoms with Gasteiger partial charge >= 0.3 is 0 Å². The fourth-order valence-corrected chi connectivity index (χ4v) is 4.82. The van der Waals surface area contributed by atoms with Crippen LogP contribution in [-0.4, -0.2) is 68.1 Å². The highest BCUT2D eigenvalue weighted by atomic mass is 32.2. The van der Waals surface area contributed by atoms with Crippen LogP contribution in [0, 0.1) is 0 Å². The van der Waals surface area contributed by atoms with Crippen molar-refractivity contribution in [2.45, 2.75) is 12.5 Å². The molecule has 1 fully saturated rings. The first kappa shape index (κ1) is 17.0. The van der Waals surface area contributed by atoms with Gasteiger partial charge in [-0.05, 0) is 38.7 Å². The van der Waals surface area contributed by atoms with Gasteiger partial charge in [-0.2, -0.15) is 0 Å². The Morgan fingerprint density at radius 1 is 1.21 bits per heavy atom. The van der Waals surface area contributed by atoms with Gasteiger partial charge in [-0.3, -0.25) is 0 Å². The van der Waals surface area contributed by atoms with Gasteiger partial charge in [-0.25, -0.2) is 13.4 Å². The van der Waals surface area contributed by atoms with Crippen LogP contribution in [0.15, 0.2) is 30.3 Å². The first-order valence-corrected chi connectivity index (χ1v) is 9.88. The number of sulfone groups is 1. The number of phenols is 1. The fourth-order valence-electron chi connectivity index (χ4n) is 3.09. The molecule has 3 rings (SSSR count). The molecule has 1 atom stereocenters. The van der Waals surface area contributed by atoms with E-state index >= 15 is 0 Å². The molecule has 0 aliphatic carbocycles. The standard InChI is InChI=1S/C17H23N3O3S/c1-19(2)9-10-20(14-8-11-24(22,23)12-14)16-7-6-13-4-3-5-15(21)17(13)18-16/h3-7,14,21H,8-12H2,1-2H3. The predicted molar refractivity (Wildman–Crippen MR) is 96.4 cm³/mol. The van der Waals surface area contributed by atoms with E-state index in [4.69, 9.17) is 0 Å². The van der Waals surface area contributed by atoms with Gasteiger partial charge in [0, 0.05) is 24.5 Å². The molecule has 1 aliphatic rings. The van der Waals surface area contributed by atoms with Crippen LogP contribution in [0.3, 0.4) is 0 Å². The Hall–Kier alpha value is -1.86. The average molecular weight is 349 g/mol. The van der Waals surface area contributed by atoms with Crippen LogP contribution in [-0.2, 0) is 9.84 Å². The molecule has 0 saturated carbocycles. The molecule has 0 radical (unpaired) electrons. The Balaban J connectivity index is 1.97. The lowest BCUT2D eigenvalue weighted by Gasteiger charge is -2.30. The van der Waals surface area contributed by atoms with Gasteiger partial charge < -0.3 is 14.9 Å². The zero-order chi connectivity index (χ0) is 17.3. The monoisotopic (exact) mass is 349 g/mol. The molecule has 1 saturated heterocycles. The van der Waals surface area contributed by atoms with E-state index in [9.17, 15) is 13.5 Å². The summed E-state index contributed by atoms with van der Waals surface area (Å²) in [5.74, 6) is 1.25. The number of likely N-dealkylation sites (N-methyl/N-ethyl adjacent to an activating group) is 1. The number of nitrogens with zero attached hydrogens (tertiary/aromatic N) is 3. The van der Waals surface area contributed by atoms with Crippen molar-refractivity contribution < 1.29 is 13.5 Å². The number of anilines is 1. The zero-order valence-corrected chi connectivity index (χ0v) is 14.8. The van der Waals surface area contributed by atoms with Crippen molar-refractivity contribution in [3.63, 3.8) is 0 Å². The van der Waals surface area contributed by atoms with Crippen molar-refractivity contribution in [3.8, 4) is 5.75 Å². The van der Waals surface area contributed by atoms with Crippen LogP contribution in [0.2, 0.25) is 0 Å². The fraction of sp³-hybridized carbons (Fsp3) is 0.471. The van der Waals surface area contributed by atoms with E-state index in [2.05, 4.69) is 14.8 Å². The van der Waals surface area contributed by atoms with Crippen molar-refractivity contribution in [1.82, 2.24) is 9.88 Å². The molecule has 7 heteroatoms. The molecule has 24 heavy (non-hydrogen) atoms. The summed E-state index contributed by atoms with van der Waals surface area (Å²) in [4.78, 5) is 8.74. The molecule has 130 valence electrons. The van der Waals surface area contributed by atoms with Crippen LogP contribution in [0.4, 0.5) is 5.82 Å². The SMILES string of the molecule is CN(C)CCN(c1ccc2cccc(O)c2n1)C1CCS(=O)(=O)C1. The summed E-state index contributed by atoms with van der Waals surface area (Å²) < 4.78 is 23.8. The van der Waals surface area contributed by atoms with Gasteiger partial charge in [0.1, 0.15) is 17.1 Å². The minimum atomic E-state index is -2.97. The highest BCUT2D eigenvalue weighted by molar-refractivity contribution is 7.91. The lowest BCUT2D eigenvalue weighted by atomic mass is 10.1. The summed E-state index contributed by atoms with van der Waals surface area (Å²) in [6.45, 7) is 1.50. The third kappa shape index (κ3) is 3.62. The number of benzene rings is 1. The second kappa shape index (κ2) is 6.57. The number of fused-ring (bicyclic) bond motifs is 1. The minimum absolute atomic E-state index is 0.0641. The van der Waals surface area contributed by atoms with E-state index in [1.54, 1.807) is 12.1 Å². The van der Waals surface area contributed by atoms with Gasteiger partial charge in [-0.15, -0.1) is 0 Å². The molecule has 6 nitrogen and oxygen atoms in total. The molecule has 0 bridgehead atoms. The summed E-state index contributed by atoms with van der Waals surface area (Å²) in [6, 6.07) is 9.06. The molecule has 2 heterocycles. The van der Waals surface area contributed by atoms with Gasteiger partial charge in [0.15, 0.2) is 9.84 Å². The second-order valence-corrected chi connectivity index (χ2v) is 8.80. The number of rotatable bonds is 5. The van der Waals surface area contributed by atoms with Crippen LogP contribution in [0.1, 0.15) is 6.42 Å². The van der Waals surface area contributed by atoms with Crippen molar-refractivity contribution in [2.24, 2.45) is 0 Å². The molecular formula is C17H23N3O3S. The predicted octanol–water partition coefficient (Wildman–Crippen LogP) is 1.50. The summed E-state index contributed by atoms with van der Waals surface area (Å²) in [5, 5.41) is 10.9. The first-order chi connectivity index (χ1) is 11.4. The minimum Gasteiger partial charge on any atom is -0.506 e. The van der Waals surface area contributed by atoms with E-state index in [0.29, 0.717) is 24.3 Å². The maximum Gasteiger partial charge on any atom is 0.152 e. The quantitative estimate of drug-likeness (QED) is 0.882. The smallest absolute Gasteiger partial charge is 0.152 e. The largest absolute Gasteiger partial charge is 0.506 e. The molecular weight excluding hydrogens is 326 g/mol. The Labute approximate surface area is 142 Å². The highest BCUT2D eigenvalue weighted by Gasteiger charge is 2.33. The number of aromatic hydroxyl groups is 1. The Kier molecular flexibility index (Phi) is 4.64. The van der Waals surface area contributed by atoms with Crippen LogP contribution < -0.4 is 4.90 Å². The molecule has 0 amide bonds. The van der Waals surface area contributed by atoms with Crippen LogP contribution in [0.25, 0.3) is 10.9 Å². The maximum atomic E-state index is 11.9. The molecule has 1 aromatic heterocycles. The van der Waals surface area contributed by atoms with Gasteiger partial charge in [0.2, 0.25) is 0 Å². The van der Waals surface area contributed by atoms with Crippen molar-refractivity contribution in [1.29, 1.82) is 0 Å². The number of phenolic OH excluding ortho intramolecular Hbond substituents is 1. The van der Waals surface area contributed by atoms with Crippen molar-refractivity contribution >= 4 is 26.6 Å². The van der Waals surface area contributed by atoms with E-state index in [0.717, 1.165) is 11.9 Å². The molecule has 2 aromatic rings. The van der Waals surface area contributed by atoms with Gasteiger partial charge in [-0.1, -0.05) is 12.1 Å². The Bertz CT molecular complexity index is 836. The Morgan fingerprint density at radius 3 is 2.67 bits per heavy atom.